The zero-order valence-corrected chi connectivity index (χ0v) is 12.7. The highest BCUT2D eigenvalue weighted by Crippen LogP contribution is 2.32. The van der Waals surface area contributed by atoms with Gasteiger partial charge >= 0.3 is 0 Å². The molecule has 1 atom stereocenters. The zero-order valence-electron chi connectivity index (χ0n) is 12.7. The molecule has 3 heteroatoms. The third kappa shape index (κ3) is 4.94. The number of likely N-dealkylation sites (tertiary alicyclic amines) is 1. The third-order valence-electron chi connectivity index (χ3n) is 4.12. The summed E-state index contributed by atoms with van der Waals surface area (Å²) in [5.41, 5.74) is 0.574. The van der Waals surface area contributed by atoms with Gasteiger partial charge in [0.2, 0.25) is 0 Å². The van der Waals surface area contributed by atoms with Gasteiger partial charge in [-0.2, -0.15) is 0 Å². The molecule has 102 valence electrons. The van der Waals surface area contributed by atoms with Crippen molar-refractivity contribution in [2.45, 2.75) is 32.7 Å². The first-order valence-electron chi connectivity index (χ1n) is 6.86. The van der Waals surface area contributed by atoms with Gasteiger partial charge in [-0.15, -0.1) is 0 Å². The molecular weight excluding hydrogens is 210 g/mol. The molecule has 0 aliphatic carbocycles. The molecule has 1 aliphatic rings. The van der Waals surface area contributed by atoms with Crippen molar-refractivity contribution in [3.8, 4) is 0 Å². The molecule has 17 heavy (non-hydrogen) atoms. The van der Waals surface area contributed by atoms with E-state index >= 15 is 0 Å². The smallest absolute Gasteiger partial charge is 0.00760 e. The molecule has 0 radical (unpaired) electrons. The van der Waals surface area contributed by atoms with Crippen molar-refractivity contribution in [2.24, 2.45) is 5.41 Å². The second kappa shape index (κ2) is 6.17. The Bertz CT molecular complexity index is 222. The monoisotopic (exact) mass is 241 g/mol. The van der Waals surface area contributed by atoms with E-state index in [9.17, 15) is 0 Å². The largest absolute Gasteiger partial charge is 0.309 e. The number of hydrogen-bond donors (Lipinski definition) is 0. The molecule has 1 aliphatic heterocycles. The first-order valence-corrected chi connectivity index (χ1v) is 6.86. The van der Waals surface area contributed by atoms with Crippen LogP contribution in [0.15, 0.2) is 0 Å². The van der Waals surface area contributed by atoms with Crippen LogP contribution in [0.3, 0.4) is 0 Å². The summed E-state index contributed by atoms with van der Waals surface area (Å²) in [6.45, 7) is 9.73. The quantitative estimate of drug-likeness (QED) is 0.670. The van der Waals surface area contributed by atoms with Crippen LogP contribution in [0.4, 0.5) is 0 Å². The Morgan fingerprint density at radius 2 is 1.76 bits per heavy atom. The van der Waals surface area contributed by atoms with E-state index in [2.05, 4.69) is 56.7 Å². The van der Waals surface area contributed by atoms with Gasteiger partial charge in [0.1, 0.15) is 0 Å². The van der Waals surface area contributed by atoms with Crippen LogP contribution in [-0.2, 0) is 0 Å². The summed E-state index contributed by atoms with van der Waals surface area (Å²) < 4.78 is 0. The van der Waals surface area contributed by atoms with Crippen LogP contribution in [0, 0.1) is 5.41 Å². The predicted molar refractivity (Wildman–Crippen MR) is 75.5 cm³/mol. The van der Waals surface area contributed by atoms with Crippen molar-refractivity contribution in [1.82, 2.24) is 14.7 Å². The van der Waals surface area contributed by atoms with Gasteiger partial charge in [-0.25, -0.2) is 0 Å². The van der Waals surface area contributed by atoms with Crippen LogP contribution in [0.25, 0.3) is 0 Å². The maximum absolute atomic E-state index is 2.52. The lowest BCUT2D eigenvalue weighted by Crippen LogP contribution is -2.53. The minimum atomic E-state index is 0.574. The summed E-state index contributed by atoms with van der Waals surface area (Å²) in [6, 6.07) is 0.693. The topological polar surface area (TPSA) is 9.72 Å². The molecule has 0 spiro atoms. The normalized spacial score (nSPS) is 21.9. The molecule has 0 aromatic carbocycles. The molecule has 0 saturated carbocycles. The van der Waals surface area contributed by atoms with Crippen LogP contribution < -0.4 is 0 Å². The van der Waals surface area contributed by atoms with Crippen LogP contribution >= 0.6 is 0 Å². The maximum atomic E-state index is 2.52. The molecule has 1 saturated heterocycles. The lowest BCUT2D eigenvalue weighted by Gasteiger charge is -2.47. The second-order valence-electron chi connectivity index (χ2n) is 6.65. The molecule has 1 rings (SSSR count). The highest BCUT2D eigenvalue weighted by atomic mass is 15.2. The molecule has 0 aromatic heterocycles. The number of rotatable bonds is 7. The fourth-order valence-electron chi connectivity index (χ4n) is 2.75. The zero-order chi connectivity index (χ0) is 13.1. The lowest BCUT2D eigenvalue weighted by molar-refractivity contribution is 0.0213. The third-order valence-corrected chi connectivity index (χ3v) is 4.12. The molecule has 0 N–H and O–H groups in total. The summed E-state index contributed by atoms with van der Waals surface area (Å²) in [6.07, 6.45) is 2.60. The van der Waals surface area contributed by atoms with E-state index in [0.29, 0.717) is 11.5 Å². The van der Waals surface area contributed by atoms with Crippen LogP contribution in [-0.4, -0.2) is 75.1 Å². The van der Waals surface area contributed by atoms with E-state index in [1.807, 2.05) is 0 Å². The van der Waals surface area contributed by atoms with Crippen LogP contribution in [0.1, 0.15) is 26.7 Å². The SMILES string of the molecule is CC(CCN(C)C)N(C)CCC1(C)CN(C)C1. The van der Waals surface area contributed by atoms with Gasteiger partial charge < -0.3 is 14.7 Å². The van der Waals surface area contributed by atoms with E-state index in [-0.39, 0.29) is 0 Å². The first-order chi connectivity index (χ1) is 7.82. The lowest BCUT2D eigenvalue weighted by atomic mass is 9.79. The summed E-state index contributed by atoms with van der Waals surface area (Å²) >= 11 is 0. The average molecular weight is 241 g/mol. The minimum absolute atomic E-state index is 0.574. The average Bonchev–Trinajstić information content (AvgIpc) is 2.20. The summed E-state index contributed by atoms with van der Waals surface area (Å²) in [5, 5.41) is 0. The summed E-state index contributed by atoms with van der Waals surface area (Å²) in [7, 11) is 8.78. The molecule has 1 unspecified atom stereocenters. The molecule has 0 bridgehead atoms. The van der Waals surface area contributed by atoms with Gasteiger partial charge in [0, 0.05) is 19.1 Å². The molecular formula is C14H31N3. The van der Waals surface area contributed by atoms with Crippen molar-refractivity contribution in [1.29, 1.82) is 0 Å². The van der Waals surface area contributed by atoms with E-state index in [1.54, 1.807) is 0 Å². The number of hydrogen-bond acceptors (Lipinski definition) is 3. The van der Waals surface area contributed by atoms with Crippen LogP contribution in [0.2, 0.25) is 0 Å². The highest BCUT2D eigenvalue weighted by molar-refractivity contribution is 4.90. The Morgan fingerprint density at radius 1 is 1.18 bits per heavy atom. The van der Waals surface area contributed by atoms with Crippen molar-refractivity contribution in [3.63, 3.8) is 0 Å². The minimum Gasteiger partial charge on any atom is -0.309 e. The summed E-state index contributed by atoms with van der Waals surface area (Å²) in [5.74, 6) is 0. The molecule has 1 heterocycles. The number of nitrogens with zero attached hydrogens (tertiary/aromatic N) is 3. The van der Waals surface area contributed by atoms with Gasteiger partial charge in [0.05, 0.1) is 0 Å². The Morgan fingerprint density at radius 3 is 2.24 bits per heavy atom. The Labute approximate surface area is 108 Å². The Kier molecular flexibility index (Phi) is 5.42. The second-order valence-corrected chi connectivity index (χ2v) is 6.65. The van der Waals surface area contributed by atoms with E-state index in [4.69, 9.17) is 0 Å². The van der Waals surface area contributed by atoms with Gasteiger partial charge in [-0.3, -0.25) is 0 Å². The Hall–Kier alpha value is -0.120. The van der Waals surface area contributed by atoms with Crippen molar-refractivity contribution in [2.75, 3.05) is 54.4 Å². The van der Waals surface area contributed by atoms with Gasteiger partial charge in [0.25, 0.3) is 0 Å². The van der Waals surface area contributed by atoms with E-state index < -0.39 is 0 Å². The van der Waals surface area contributed by atoms with Gasteiger partial charge in [0.15, 0.2) is 0 Å². The molecule has 3 nitrogen and oxygen atoms in total. The first kappa shape index (κ1) is 14.9. The molecule has 0 amide bonds. The fraction of sp³-hybridized carbons (Fsp3) is 1.00. The van der Waals surface area contributed by atoms with Crippen LogP contribution in [0.5, 0.6) is 0 Å². The standard InChI is InChI=1S/C14H31N3/c1-13(7-9-15(3)4)17(6)10-8-14(2)11-16(5)12-14/h13H,7-12H2,1-6H3. The summed E-state index contributed by atoms with van der Waals surface area (Å²) in [4.78, 5) is 7.20. The maximum Gasteiger partial charge on any atom is 0.00760 e. The van der Waals surface area contributed by atoms with Crippen molar-refractivity contribution in [3.05, 3.63) is 0 Å². The van der Waals surface area contributed by atoms with Crippen molar-refractivity contribution >= 4 is 0 Å². The van der Waals surface area contributed by atoms with Gasteiger partial charge in [-0.05, 0) is 66.5 Å². The predicted octanol–water partition coefficient (Wildman–Crippen LogP) is 1.60. The van der Waals surface area contributed by atoms with E-state index in [0.717, 1.165) is 0 Å². The highest BCUT2D eigenvalue weighted by Gasteiger charge is 2.36. The Balaban J connectivity index is 2.17. The van der Waals surface area contributed by atoms with E-state index in [1.165, 1.54) is 39.0 Å². The van der Waals surface area contributed by atoms with Crippen molar-refractivity contribution < 1.29 is 0 Å². The molecule has 0 aromatic rings. The fourth-order valence-corrected chi connectivity index (χ4v) is 2.75. The van der Waals surface area contributed by atoms with Gasteiger partial charge in [-0.1, -0.05) is 6.92 Å². The molecule has 1 fully saturated rings.